The minimum atomic E-state index is -0.315. The number of rotatable bonds is 11. The Morgan fingerprint density at radius 3 is 2.29 bits per heavy atom. The number of carbonyl (C=O) groups is 1. The van der Waals surface area contributed by atoms with Crippen LogP contribution in [0.2, 0.25) is 0 Å². The predicted octanol–water partition coefficient (Wildman–Crippen LogP) is 3.48. The van der Waals surface area contributed by atoms with E-state index < -0.39 is 0 Å². The molecule has 0 atom stereocenters. The van der Waals surface area contributed by atoms with Crippen LogP contribution in [0.25, 0.3) is 0 Å². The van der Waals surface area contributed by atoms with E-state index in [-0.39, 0.29) is 5.97 Å². The van der Waals surface area contributed by atoms with Gasteiger partial charge in [0.15, 0.2) is 0 Å². The Balaban J connectivity index is 3.08. The fourth-order valence-electron chi connectivity index (χ4n) is 1.36. The Morgan fingerprint density at radius 1 is 1.00 bits per heavy atom. The van der Waals surface area contributed by atoms with E-state index in [1.165, 1.54) is 25.7 Å². The summed E-state index contributed by atoms with van der Waals surface area (Å²) < 4.78 is 10.4. The van der Waals surface area contributed by atoms with Crippen molar-refractivity contribution < 1.29 is 14.3 Å². The van der Waals surface area contributed by atoms with Crippen molar-refractivity contribution in [3.63, 3.8) is 0 Å². The van der Waals surface area contributed by atoms with Crippen molar-refractivity contribution in [3.8, 4) is 0 Å². The van der Waals surface area contributed by atoms with Gasteiger partial charge in [0.05, 0.1) is 6.61 Å². The molecule has 0 amide bonds. The molecule has 0 N–H and O–H groups in total. The SMILES string of the molecule is C=C(C)C(=O)OCCCOCCCCCCC. The zero-order chi connectivity index (χ0) is 12.9. The second-order valence-corrected chi connectivity index (χ2v) is 4.30. The summed E-state index contributed by atoms with van der Waals surface area (Å²) in [7, 11) is 0. The first-order valence-electron chi connectivity index (χ1n) is 6.58. The first kappa shape index (κ1) is 16.2. The van der Waals surface area contributed by atoms with Gasteiger partial charge in [-0.1, -0.05) is 39.2 Å². The zero-order valence-electron chi connectivity index (χ0n) is 11.3. The molecule has 0 aromatic carbocycles. The smallest absolute Gasteiger partial charge is 0.333 e. The maximum Gasteiger partial charge on any atom is 0.333 e. The molecule has 0 spiro atoms. The minimum absolute atomic E-state index is 0.315. The van der Waals surface area contributed by atoms with E-state index >= 15 is 0 Å². The third-order valence-electron chi connectivity index (χ3n) is 2.41. The lowest BCUT2D eigenvalue weighted by Crippen LogP contribution is -2.08. The Bertz CT molecular complexity index is 212. The molecular formula is C14H26O3. The highest BCUT2D eigenvalue weighted by Gasteiger charge is 2.01. The molecule has 0 radical (unpaired) electrons. The number of unbranched alkanes of at least 4 members (excludes halogenated alkanes) is 4. The van der Waals surface area contributed by atoms with E-state index in [1.807, 2.05) is 0 Å². The molecule has 0 bridgehead atoms. The average molecular weight is 242 g/mol. The maximum atomic E-state index is 11.0. The molecule has 0 aromatic rings. The fourth-order valence-corrected chi connectivity index (χ4v) is 1.36. The van der Waals surface area contributed by atoms with Crippen molar-refractivity contribution in [2.24, 2.45) is 0 Å². The van der Waals surface area contributed by atoms with Crippen LogP contribution in [-0.2, 0) is 14.3 Å². The Labute approximate surface area is 105 Å². The van der Waals surface area contributed by atoms with Crippen LogP contribution >= 0.6 is 0 Å². The van der Waals surface area contributed by atoms with Gasteiger partial charge in [-0.2, -0.15) is 0 Å². The summed E-state index contributed by atoms with van der Waals surface area (Å²) in [4.78, 5) is 11.0. The van der Waals surface area contributed by atoms with E-state index in [1.54, 1.807) is 6.92 Å². The highest BCUT2D eigenvalue weighted by molar-refractivity contribution is 5.86. The van der Waals surface area contributed by atoms with Gasteiger partial charge in [0.2, 0.25) is 0 Å². The second kappa shape index (κ2) is 11.6. The van der Waals surface area contributed by atoms with Crippen LogP contribution in [0.5, 0.6) is 0 Å². The molecular weight excluding hydrogens is 216 g/mol. The molecule has 0 saturated heterocycles. The Hall–Kier alpha value is -0.830. The van der Waals surface area contributed by atoms with Gasteiger partial charge in [-0.25, -0.2) is 4.79 Å². The molecule has 17 heavy (non-hydrogen) atoms. The van der Waals surface area contributed by atoms with Gasteiger partial charge in [-0.15, -0.1) is 0 Å². The summed E-state index contributed by atoms with van der Waals surface area (Å²) in [6.07, 6.45) is 7.03. The monoisotopic (exact) mass is 242 g/mol. The van der Waals surface area contributed by atoms with Gasteiger partial charge in [0, 0.05) is 25.2 Å². The van der Waals surface area contributed by atoms with Crippen LogP contribution in [0.15, 0.2) is 12.2 Å². The maximum absolute atomic E-state index is 11.0. The minimum Gasteiger partial charge on any atom is -0.462 e. The fraction of sp³-hybridized carbons (Fsp3) is 0.786. The van der Waals surface area contributed by atoms with Gasteiger partial charge in [-0.05, 0) is 13.3 Å². The van der Waals surface area contributed by atoms with Gasteiger partial charge in [0.25, 0.3) is 0 Å². The molecule has 0 unspecified atom stereocenters. The number of ether oxygens (including phenoxy) is 2. The average Bonchev–Trinajstić information content (AvgIpc) is 2.31. The molecule has 3 nitrogen and oxygen atoms in total. The summed E-state index contributed by atoms with van der Waals surface area (Å²) in [6.45, 7) is 9.27. The van der Waals surface area contributed by atoms with Crippen LogP contribution < -0.4 is 0 Å². The van der Waals surface area contributed by atoms with Crippen LogP contribution in [0, 0.1) is 0 Å². The number of hydrogen-bond acceptors (Lipinski definition) is 3. The van der Waals surface area contributed by atoms with E-state index in [0.717, 1.165) is 19.4 Å². The summed E-state index contributed by atoms with van der Waals surface area (Å²) in [5, 5.41) is 0. The number of carbonyl (C=O) groups excluding carboxylic acids is 1. The number of hydrogen-bond donors (Lipinski definition) is 0. The van der Waals surface area contributed by atoms with E-state index in [0.29, 0.717) is 18.8 Å². The lowest BCUT2D eigenvalue weighted by molar-refractivity contribution is -0.139. The summed E-state index contributed by atoms with van der Waals surface area (Å²) in [5.74, 6) is -0.315. The van der Waals surface area contributed by atoms with Gasteiger partial charge >= 0.3 is 5.97 Å². The largest absolute Gasteiger partial charge is 0.462 e. The molecule has 3 heteroatoms. The highest BCUT2D eigenvalue weighted by Crippen LogP contribution is 2.02. The molecule has 100 valence electrons. The van der Waals surface area contributed by atoms with Crippen molar-refractivity contribution in [1.82, 2.24) is 0 Å². The van der Waals surface area contributed by atoms with Crippen LogP contribution in [0.1, 0.15) is 52.4 Å². The number of esters is 1. The Kier molecular flexibility index (Phi) is 11.1. The van der Waals surface area contributed by atoms with E-state index in [9.17, 15) is 4.79 Å². The second-order valence-electron chi connectivity index (χ2n) is 4.30. The quantitative estimate of drug-likeness (QED) is 0.316. The lowest BCUT2D eigenvalue weighted by atomic mass is 10.2. The molecule has 0 heterocycles. The predicted molar refractivity (Wildman–Crippen MR) is 70.0 cm³/mol. The highest BCUT2D eigenvalue weighted by atomic mass is 16.5. The van der Waals surface area contributed by atoms with Crippen molar-refractivity contribution in [3.05, 3.63) is 12.2 Å². The third-order valence-corrected chi connectivity index (χ3v) is 2.41. The van der Waals surface area contributed by atoms with E-state index in [2.05, 4.69) is 13.5 Å². The van der Waals surface area contributed by atoms with Crippen LogP contribution in [-0.4, -0.2) is 25.8 Å². The molecule has 0 rings (SSSR count). The van der Waals surface area contributed by atoms with Gasteiger partial charge in [0.1, 0.15) is 0 Å². The third kappa shape index (κ3) is 11.4. The first-order valence-corrected chi connectivity index (χ1v) is 6.58. The first-order chi connectivity index (χ1) is 8.18. The summed E-state index contributed by atoms with van der Waals surface area (Å²) in [5.41, 5.74) is 0.446. The summed E-state index contributed by atoms with van der Waals surface area (Å²) >= 11 is 0. The molecule has 0 saturated carbocycles. The molecule has 0 aromatic heterocycles. The normalized spacial score (nSPS) is 10.2. The van der Waals surface area contributed by atoms with Gasteiger partial charge in [-0.3, -0.25) is 0 Å². The van der Waals surface area contributed by atoms with Crippen molar-refractivity contribution in [1.29, 1.82) is 0 Å². The Morgan fingerprint density at radius 2 is 1.65 bits per heavy atom. The van der Waals surface area contributed by atoms with Crippen LogP contribution in [0.3, 0.4) is 0 Å². The zero-order valence-corrected chi connectivity index (χ0v) is 11.3. The van der Waals surface area contributed by atoms with Gasteiger partial charge < -0.3 is 9.47 Å². The van der Waals surface area contributed by atoms with Crippen molar-refractivity contribution in [2.45, 2.75) is 52.4 Å². The standard InChI is InChI=1S/C14H26O3/c1-4-5-6-7-8-10-16-11-9-12-17-14(15)13(2)3/h2,4-12H2,1,3H3. The van der Waals surface area contributed by atoms with Crippen molar-refractivity contribution >= 4 is 5.97 Å². The van der Waals surface area contributed by atoms with E-state index in [4.69, 9.17) is 9.47 Å². The molecule has 0 aliphatic rings. The van der Waals surface area contributed by atoms with Crippen LogP contribution in [0.4, 0.5) is 0 Å². The topological polar surface area (TPSA) is 35.5 Å². The summed E-state index contributed by atoms with van der Waals surface area (Å²) in [6, 6.07) is 0. The lowest BCUT2D eigenvalue weighted by Gasteiger charge is -2.05. The van der Waals surface area contributed by atoms with Crippen molar-refractivity contribution in [2.75, 3.05) is 19.8 Å². The molecule has 0 fully saturated rings. The molecule has 0 aliphatic heterocycles. The molecule has 0 aliphatic carbocycles.